The Morgan fingerprint density at radius 2 is 1.90 bits per heavy atom. The zero-order valence-corrected chi connectivity index (χ0v) is 13.3. The van der Waals surface area contributed by atoms with Crippen molar-refractivity contribution in [2.75, 3.05) is 19.6 Å². The van der Waals surface area contributed by atoms with Crippen molar-refractivity contribution in [3.63, 3.8) is 0 Å². The fourth-order valence-corrected chi connectivity index (χ4v) is 4.88. The highest BCUT2D eigenvalue weighted by Gasteiger charge is 2.38. The molecule has 0 aromatic heterocycles. The molecule has 1 aliphatic carbocycles. The predicted octanol–water partition coefficient (Wildman–Crippen LogP) is 3.10. The van der Waals surface area contributed by atoms with Crippen molar-refractivity contribution in [2.45, 2.75) is 63.6 Å². The van der Waals surface area contributed by atoms with Gasteiger partial charge in [0.1, 0.15) is 0 Å². The van der Waals surface area contributed by atoms with E-state index in [1.165, 1.54) is 58.2 Å². The Hall–Kier alpha value is -0.860. The summed E-state index contributed by atoms with van der Waals surface area (Å²) < 4.78 is 0. The third-order valence-electron chi connectivity index (χ3n) is 6.10. The van der Waals surface area contributed by atoms with Crippen molar-refractivity contribution in [3.05, 3.63) is 35.4 Å². The van der Waals surface area contributed by atoms with Crippen LogP contribution in [-0.2, 0) is 12.8 Å². The van der Waals surface area contributed by atoms with Gasteiger partial charge in [-0.25, -0.2) is 0 Å². The highest BCUT2D eigenvalue weighted by molar-refractivity contribution is 5.30. The van der Waals surface area contributed by atoms with Crippen LogP contribution < -0.4 is 0 Å². The van der Waals surface area contributed by atoms with Crippen molar-refractivity contribution >= 4 is 0 Å². The molecule has 21 heavy (non-hydrogen) atoms. The first-order valence-electron chi connectivity index (χ1n) is 8.91. The van der Waals surface area contributed by atoms with Gasteiger partial charge in [0, 0.05) is 31.2 Å². The van der Waals surface area contributed by atoms with Crippen LogP contribution in [-0.4, -0.2) is 47.6 Å². The average Bonchev–Trinajstić information content (AvgIpc) is 3.00. The lowest BCUT2D eigenvalue weighted by Gasteiger charge is -2.48. The van der Waals surface area contributed by atoms with Gasteiger partial charge < -0.3 is 0 Å². The van der Waals surface area contributed by atoms with Gasteiger partial charge in [-0.15, -0.1) is 0 Å². The molecule has 3 atom stereocenters. The second-order valence-corrected chi connectivity index (χ2v) is 7.22. The first kappa shape index (κ1) is 13.8. The van der Waals surface area contributed by atoms with Crippen molar-refractivity contribution in [1.82, 2.24) is 9.80 Å². The largest absolute Gasteiger partial charge is 0.298 e. The van der Waals surface area contributed by atoms with Crippen LogP contribution in [0.5, 0.6) is 0 Å². The maximum atomic E-state index is 2.89. The predicted molar refractivity (Wildman–Crippen MR) is 87.6 cm³/mol. The summed E-state index contributed by atoms with van der Waals surface area (Å²) in [4.78, 5) is 5.66. The molecule has 2 saturated heterocycles. The summed E-state index contributed by atoms with van der Waals surface area (Å²) in [5, 5.41) is 0. The smallest absolute Gasteiger partial charge is 0.0224 e. The van der Waals surface area contributed by atoms with Gasteiger partial charge in [0.25, 0.3) is 0 Å². The SMILES string of the molecule is CCC1CN2CCCC2CN1C1CCc2ccccc2C1. The van der Waals surface area contributed by atoms with Gasteiger partial charge in [-0.1, -0.05) is 31.2 Å². The normalized spacial score (nSPS) is 33.7. The summed E-state index contributed by atoms with van der Waals surface area (Å²) >= 11 is 0. The number of benzene rings is 1. The van der Waals surface area contributed by atoms with Gasteiger partial charge in [-0.3, -0.25) is 9.80 Å². The second kappa shape index (κ2) is 5.73. The summed E-state index contributed by atoms with van der Waals surface area (Å²) in [6.07, 6.45) is 8.07. The Kier molecular flexibility index (Phi) is 3.76. The van der Waals surface area contributed by atoms with E-state index in [2.05, 4.69) is 41.0 Å². The monoisotopic (exact) mass is 284 g/mol. The van der Waals surface area contributed by atoms with Crippen LogP contribution in [0.3, 0.4) is 0 Å². The molecular weight excluding hydrogens is 256 g/mol. The summed E-state index contributed by atoms with van der Waals surface area (Å²) in [6, 6.07) is 11.5. The van der Waals surface area contributed by atoms with Crippen LogP contribution in [0.4, 0.5) is 0 Å². The molecule has 2 nitrogen and oxygen atoms in total. The number of rotatable bonds is 2. The lowest BCUT2D eigenvalue weighted by Crippen LogP contribution is -2.59. The van der Waals surface area contributed by atoms with Gasteiger partial charge in [-0.2, -0.15) is 0 Å². The molecule has 0 spiro atoms. The van der Waals surface area contributed by atoms with Crippen LogP contribution in [0.15, 0.2) is 24.3 Å². The van der Waals surface area contributed by atoms with Gasteiger partial charge in [-0.05, 0) is 56.2 Å². The second-order valence-electron chi connectivity index (χ2n) is 7.22. The minimum absolute atomic E-state index is 0.785. The zero-order valence-electron chi connectivity index (χ0n) is 13.3. The molecular formula is C19H28N2. The molecule has 2 heteroatoms. The first-order chi connectivity index (χ1) is 10.3. The molecule has 114 valence electrons. The van der Waals surface area contributed by atoms with E-state index in [1.807, 2.05) is 0 Å². The fraction of sp³-hybridized carbons (Fsp3) is 0.684. The van der Waals surface area contributed by atoms with E-state index in [9.17, 15) is 0 Å². The summed E-state index contributed by atoms with van der Waals surface area (Å²) in [6.45, 7) is 6.37. The van der Waals surface area contributed by atoms with E-state index >= 15 is 0 Å². The van der Waals surface area contributed by atoms with Gasteiger partial charge in [0.15, 0.2) is 0 Å². The first-order valence-corrected chi connectivity index (χ1v) is 8.91. The number of hydrogen-bond donors (Lipinski definition) is 0. The summed E-state index contributed by atoms with van der Waals surface area (Å²) in [7, 11) is 0. The molecule has 0 N–H and O–H groups in total. The Bertz CT molecular complexity index is 498. The number of nitrogens with zero attached hydrogens (tertiary/aromatic N) is 2. The lowest BCUT2D eigenvalue weighted by atomic mass is 9.86. The lowest BCUT2D eigenvalue weighted by molar-refractivity contribution is 0.0141. The van der Waals surface area contributed by atoms with Crippen molar-refractivity contribution < 1.29 is 0 Å². The van der Waals surface area contributed by atoms with E-state index in [4.69, 9.17) is 0 Å². The number of hydrogen-bond acceptors (Lipinski definition) is 2. The van der Waals surface area contributed by atoms with E-state index in [0.29, 0.717) is 0 Å². The van der Waals surface area contributed by atoms with Crippen molar-refractivity contribution in [3.8, 4) is 0 Å². The number of piperazine rings is 1. The van der Waals surface area contributed by atoms with Gasteiger partial charge in [0.05, 0.1) is 0 Å². The number of fused-ring (bicyclic) bond motifs is 2. The third-order valence-corrected chi connectivity index (χ3v) is 6.10. The molecule has 0 bridgehead atoms. The Morgan fingerprint density at radius 3 is 2.76 bits per heavy atom. The molecule has 2 fully saturated rings. The molecule has 0 amide bonds. The maximum Gasteiger partial charge on any atom is 0.0224 e. The zero-order chi connectivity index (χ0) is 14.2. The molecule has 1 aromatic carbocycles. The van der Waals surface area contributed by atoms with Gasteiger partial charge in [0.2, 0.25) is 0 Å². The molecule has 0 saturated carbocycles. The summed E-state index contributed by atoms with van der Waals surface area (Å²) in [5.41, 5.74) is 3.21. The molecule has 2 aliphatic heterocycles. The molecule has 1 aromatic rings. The van der Waals surface area contributed by atoms with Crippen LogP contribution in [0.25, 0.3) is 0 Å². The van der Waals surface area contributed by atoms with Gasteiger partial charge >= 0.3 is 0 Å². The van der Waals surface area contributed by atoms with Crippen molar-refractivity contribution in [2.24, 2.45) is 0 Å². The molecule has 3 aliphatic rings. The van der Waals surface area contributed by atoms with E-state index in [0.717, 1.165) is 18.1 Å². The quantitative estimate of drug-likeness (QED) is 0.823. The number of aryl methyl sites for hydroxylation is 1. The molecule has 3 unspecified atom stereocenters. The Labute approximate surface area is 129 Å². The van der Waals surface area contributed by atoms with E-state index in [-0.39, 0.29) is 0 Å². The highest BCUT2D eigenvalue weighted by atomic mass is 15.3. The third kappa shape index (κ3) is 2.53. The standard InChI is InChI=1S/C19H28N2/c1-2-17-13-20-11-5-8-19(20)14-21(17)18-10-9-15-6-3-4-7-16(15)12-18/h3-4,6-7,17-19H,2,5,8-14H2,1H3. The Morgan fingerprint density at radius 1 is 1.05 bits per heavy atom. The molecule has 2 heterocycles. The van der Waals surface area contributed by atoms with E-state index < -0.39 is 0 Å². The topological polar surface area (TPSA) is 6.48 Å². The minimum atomic E-state index is 0.785. The average molecular weight is 284 g/mol. The maximum absolute atomic E-state index is 2.89. The van der Waals surface area contributed by atoms with Crippen molar-refractivity contribution in [1.29, 1.82) is 0 Å². The fourth-order valence-electron chi connectivity index (χ4n) is 4.88. The van der Waals surface area contributed by atoms with E-state index in [1.54, 1.807) is 11.1 Å². The van der Waals surface area contributed by atoms with Crippen LogP contribution in [0.2, 0.25) is 0 Å². The molecule has 4 rings (SSSR count). The minimum Gasteiger partial charge on any atom is -0.298 e. The Balaban J connectivity index is 1.52. The molecule has 0 radical (unpaired) electrons. The van der Waals surface area contributed by atoms with Crippen LogP contribution >= 0.6 is 0 Å². The van der Waals surface area contributed by atoms with Crippen LogP contribution in [0.1, 0.15) is 43.7 Å². The summed E-state index contributed by atoms with van der Waals surface area (Å²) in [5.74, 6) is 0. The van der Waals surface area contributed by atoms with Crippen LogP contribution in [0, 0.1) is 0 Å². The highest BCUT2D eigenvalue weighted by Crippen LogP contribution is 2.32.